The monoisotopic (exact) mass is 343 g/mol. The third kappa shape index (κ3) is 4.25. The van der Waals surface area contributed by atoms with E-state index in [9.17, 15) is 4.79 Å². The summed E-state index contributed by atoms with van der Waals surface area (Å²) in [6, 6.07) is 16.2. The molecular weight excluding hydrogens is 326 g/mol. The number of imidazole rings is 1. The summed E-state index contributed by atoms with van der Waals surface area (Å²) in [5, 5.41) is 8.90. The van der Waals surface area contributed by atoms with Crippen LogP contribution in [0.15, 0.2) is 67.0 Å². The Kier molecular flexibility index (Phi) is 5.25. The lowest BCUT2D eigenvalue weighted by Crippen LogP contribution is -2.03. The van der Waals surface area contributed by atoms with Gasteiger partial charge in [0, 0.05) is 25.0 Å². The van der Waals surface area contributed by atoms with Crippen molar-refractivity contribution < 1.29 is 9.53 Å². The van der Waals surface area contributed by atoms with Crippen molar-refractivity contribution in [2.24, 2.45) is 7.05 Å². The van der Waals surface area contributed by atoms with Gasteiger partial charge in [-0.2, -0.15) is 5.26 Å². The van der Waals surface area contributed by atoms with E-state index in [0.29, 0.717) is 23.5 Å². The number of ether oxygens (including phenoxy) is 1. The van der Waals surface area contributed by atoms with Crippen LogP contribution in [0.1, 0.15) is 27.3 Å². The summed E-state index contributed by atoms with van der Waals surface area (Å²) in [5.41, 5.74) is 1.95. The van der Waals surface area contributed by atoms with E-state index < -0.39 is 0 Å². The molecule has 0 atom stereocenters. The molecule has 0 bridgehead atoms. The highest BCUT2D eigenvalue weighted by atomic mass is 16.5. The molecule has 0 radical (unpaired) electrons. The number of aromatic nitrogens is 2. The summed E-state index contributed by atoms with van der Waals surface area (Å²) < 4.78 is 7.57. The molecule has 5 nitrogen and oxygen atoms in total. The summed E-state index contributed by atoms with van der Waals surface area (Å²) >= 11 is 0. The lowest BCUT2D eigenvalue weighted by molar-refractivity contribution is 0.104. The molecule has 3 rings (SSSR count). The number of aryl methyl sites for hydroxylation is 1. The number of nitrogens with zero attached hydrogens (tertiary/aromatic N) is 3. The van der Waals surface area contributed by atoms with Crippen molar-refractivity contribution in [3.05, 3.63) is 89.5 Å². The Morgan fingerprint density at radius 2 is 2.08 bits per heavy atom. The van der Waals surface area contributed by atoms with Gasteiger partial charge in [-0.25, -0.2) is 4.98 Å². The zero-order valence-corrected chi connectivity index (χ0v) is 14.3. The summed E-state index contributed by atoms with van der Waals surface area (Å²) in [5.74, 6) is 1.39. The lowest BCUT2D eigenvalue weighted by atomic mass is 10.1. The van der Waals surface area contributed by atoms with Crippen molar-refractivity contribution in [2.75, 3.05) is 0 Å². The zero-order chi connectivity index (χ0) is 18.4. The van der Waals surface area contributed by atoms with E-state index in [1.165, 1.54) is 6.08 Å². The second kappa shape index (κ2) is 7.95. The van der Waals surface area contributed by atoms with E-state index in [4.69, 9.17) is 10.00 Å². The van der Waals surface area contributed by atoms with E-state index in [-0.39, 0.29) is 5.78 Å². The minimum Gasteiger partial charge on any atom is -0.486 e. The Balaban J connectivity index is 1.62. The van der Waals surface area contributed by atoms with E-state index in [2.05, 4.69) is 11.1 Å². The Morgan fingerprint density at radius 1 is 1.27 bits per heavy atom. The maximum Gasteiger partial charge on any atom is 0.185 e. The molecule has 0 spiro atoms. The van der Waals surface area contributed by atoms with Crippen molar-refractivity contribution in [1.29, 1.82) is 5.26 Å². The molecule has 0 aliphatic carbocycles. The van der Waals surface area contributed by atoms with Crippen molar-refractivity contribution >= 4 is 11.9 Å². The number of nitriles is 1. The van der Waals surface area contributed by atoms with E-state index >= 15 is 0 Å². The molecule has 128 valence electrons. The van der Waals surface area contributed by atoms with Crippen LogP contribution in [-0.2, 0) is 13.7 Å². The minimum atomic E-state index is -0.108. The molecule has 0 saturated heterocycles. The number of rotatable bonds is 6. The first-order valence-electron chi connectivity index (χ1n) is 8.07. The van der Waals surface area contributed by atoms with E-state index in [1.54, 1.807) is 54.7 Å². The van der Waals surface area contributed by atoms with Gasteiger partial charge in [-0.15, -0.1) is 0 Å². The summed E-state index contributed by atoms with van der Waals surface area (Å²) in [6.07, 6.45) is 6.78. The fourth-order valence-corrected chi connectivity index (χ4v) is 2.38. The normalized spacial score (nSPS) is 10.6. The summed E-state index contributed by atoms with van der Waals surface area (Å²) in [4.78, 5) is 16.5. The largest absolute Gasteiger partial charge is 0.486 e. The molecule has 2 aromatic carbocycles. The van der Waals surface area contributed by atoms with Gasteiger partial charge in [-0.3, -0.25) is 4.79 Å². The fraction of sp³-hybridized carbons (Fsp3) is 0.0952. The van der Waals surface area contributed by atoms with Crippen LogP contribution in [0.5, 0.6) is 5.75 Å². The maximum atomic E-state index is 12.3. The number of carbonyl (C=O) groups is 1. The molecule has 0 amide bonds. The number of benzene rings is 2. The van der Waals surface area contributed by atoms with Gasteiger partial charge >= 0.3 is 0 Å². The first-order chi connectivity index (χ1) is 12.7. The van der Waals surface area contributed by atoms with Crippen molar-refractivity contribution in [1.82, 2.24) is 9.55 Å². The molecule has 1 aromatic heterocycles. The van der Waals surface area contributed by atoms with E-state index in [1.807, 2.05) is 23.9 Å². The molecule has 3 aromatic rings. The van der Waals surface area contributed by atoms with Gasteiger partial charge in [0.1, 0.15) is 18.2 Å². The third-order valence-electron chi connectivity index (χ3n) is 3.87. The van der Waals surface area contributed by atoms with Gasteiger partial charge in [0.25, 0.3) is 0 Å². The van der Waals surface area contributed by atoms with Gasteiger partial charge < -0.3 is 9.30 Å². The summed E-state index contributed by atoms with van der Waals surface area (Å²) in [6.45, 7) is 0.367. The molecule has 26 heavy (non-hydrogen) atoms. The van der Waals surface area contributed by atoms with Crippen molar-refractivity contribution in [2.45, 2.75) is 6.61 Å². The van der Waals surface area contributed by atoms with Gasteiger partial charge in [-0.1, -0.05) is 18.2 Å². The Hall–Kier alpha value is -3.65. The van der Waals surface area contributed by atoms with Crippen LogP contribution in [0.4, 0.5) is 0 Å². The van der Waals surface area contributed by atoms with Crippen LogP contribution in [-0.4, -0.2) is 15.3 Å². The number of ketones is 1. The molecule has 0 fully saturated rings. The molecule has 0 N–H and O–H groups in total. The number of hydrogen-bond donors (Lipinski definition) is 0. The highest BCUT2D eigenvalue weighted by molar-refractivity contribution is 6.06. The van der Waals surface area contributed by atoms with Crippen LogP contribution in [0.25, 0.3) is 6.08 Å². The van der Waals surface area contributed by atoms with Crippen LogP contribution < -0.4 is 4.74 Å². The third-order valence-corrected chi connectivity index (χ3v) is 3.87. The molecular formula is C21H17N3O2. The van der Waals surface area contributed by atoms with Gasteiger partial charge in [0.2, 0.25) is 0 Å². The average molecular weight is 343 g/mol. The molecule has 1 heterocycles. The smallest absolute Gasteiger partial charge is 0.185 e. The second-order valence-corrected chi connectivity index (χ2v) is 5.70. The highest BCUT2D eigenvalue weighted by Gasteiger charge is 2.04. The molecule has 0 unspecified atom stereocenters. The second-order valence-electron chi connectivity index (χ2n) is 5.70. The van der Waals surface area contributed by atoms with E-state index in [0.717, 1.165) is 11.4 Å². The number of allylic oxidation sites excluding steroid dienone is 1. The Labute approximate surface area is 151 Å². The van der Waals surface area contributed by atoms with Gasteiger partial charge in [0.05, 0.1) is 11.6 Å². The standard InChI is InChI=1S/C21H17N3O2/c1-24-12-11-23-21(24)15-26-19-8-6-18(7-9-19)20(25)10-5-16-3-2-4-17(13-16)14-22/h2-13H,15H2,1H3. The highest BCUT2D eigenvalue weighted by Crippen LogP contribution is 2.15. The number of carbonyl (C=O) groups excluding carboxylic acids is 1. The average Bonchev–Trinajstić information content (AvgIpc) is 3.10. The molecule has 0 aliphatic heterocycles. The predicted octanol–water partition coefficient (Wildman–Crippen LogP) is 3.77. The first kappa shape index (κ1) is 17.2. The van der Waals surface area contributed by atoms with Crippen LogP contribution in [0.2, 0.25) is 0 Å². The SMILES string of the molecule is Cn1ccnc1COc1ccc(C(=O)C=Cc2cccc(C#N)c2)cc1. The number of hydrogen-bond acceptors (Lipinski definition) is 4. The lowest BCUT2D eigenvalue weighted by Gasteiger charge is -2.06. The van der Waals surface area contributed by atoms with Gasteiger partial charge in [-0.05, 0) is 48.0 Å². The summed E-state index contributed by atoms with van der Waals surface area (Å²) in [7, 11) is 1.91. The topological polar surface area (TPSA) is 67.9 Å². The fourth-order valence-electron chi connectivity index (χ4n) is 2.38. The van der Waals surface area contributed by atoms with Crippen LogP contribution in [0, 0.1) is 11.3 Å². The zero-order valence-electron chi connectivity index (χ0n) is 14.3. The van der Waals surface area contributed by atoms with Crippen LogP contribution in [0.3, 0.4) is 0 Å². The van der Waals surface area contributed by atoms with Gasteiger partial charge in [0.15, 0.2) is 5.78 Å². The Morgan fingerprint density at radius 3 is 2.77 bits per heavy atom. The van der Waals surface area contributed by atoms with Crippen molar-refractivity contribution in [3.8, 4) is 11.8 Å². The molecule has 0 aliphatic rings. The minimum absolute atomic E-state index is 0.108. The Bertz CT molecular complexity index is 979. The van der Waals surface area contributed by atoms with Crippen LogP contribution >= 0.6 is 0 Å². The van der Waals surface area contributed by atoms with Crippen molar-refractivity contribution in [3.63, 3.8) is 0 Å². The molecule has 5 heteroatoms. The maximum absolute atomic E-state index is 12.3. The first-order valence-corrected chi connectivity index (χ1v) is 8.07. The quantitative estimate of drug-likeness (QED) is 0.505. The molecule has 0 saturated carbocycles. The predicted molar refractivity (Wildman–Crippen MR) is 98.5 cm³/mol.